The SMILES string of the molecule is CCCCCCCCOCC(COC)OC(=O)C(CC)CCCC. The van der Waals surface area contributed by atoms with E-state index in [-0.39, 0.29) is 18.0 Å². The number of hydrogen-bond donors (Lipinski definition) is 0. The van der Waals surface area contributed by atoms with Crippen molar-refractivity contribution >= 4 is 5.97 Å². The molecule has 0 aromatic heterocycles. The number of carbonyl (C=O) groups excluding carboxylic acids is 1. The van der Waals surface area contributed by atoms with Gasteiger partial charge in [-0.25, -0.2) is 0 Å². The van der Waals surface area contributed by atoms with Crippen LogP contribution in [0.25, 0.3) is 0 Å². The van der Waals surface area contributed by atoms with Crippen LogP contribution in [0.3, 0.4) is 0 Å². The summed E-state index contributed by atoms with van der Waals surface area (Å²) in [7, 11) is 1.63. The molecule has 0 rings (SSSR count). The molecule has 0 aliphatic heterocycles. The van der Waals surface area contributed by atoms with Crippen LogP contribution in [-0.2, 0) is 19.0 Å². The molecular formula is C20H40O4. The van der Waals surface area contributed by atoms with Crippen molar-refractivity contribution in [2.75, 3.05) is 26.9 Å². The fourth-order valence-corrected chi connectivity index (χ4v) is 2.70. The normalized spacial score (nSPS) is 13.7. The minimum absolute atomic E-state index is 0.00266. The van der Waals surface area contributed by atoms with E-state index < -0.39 is 0 Å². The summed E-state index contributed by atoms with van der Waals surface area (Å²) in [5.41, 5.74) is 0. The standard InChI is InChI=1S/C20H40O4/c1-5-8-10-11-12-13-15-23-17-19(16-22-4)24-20(21)18(7-3)14-9-6-2/h18-19H,5-17H2,1-4H3. The van der Waals surface area contributed by atoms with Crippen molar-refractivity contribution in [1.82, 2.24) is 0 Å². The van der Waals surface area contributed by atoms with Gasteiger partial charge in [-0.2, -0.15) is 0 Å². The van der Waals surface area contributed by atoms with Crippen LogP contribution >= 0.6 is 0 Å². The van der Waals surface area contributed by atoms with Gasteiger partial charge in [-0.05, 0) is 19.3 Å². The molecule has 0 aromatic carbocycles. The summed E-state index contributed by atoms with van der Waals surface area (Å²) in [5.74, 6) is -0.0981. The van der Waals surface area contributed by atoms with Gasteiger partial charge in [0.15, 0.2) is 0 Å². The number of esters is 1. The second-order valence-corrected chi connectivity index (χ2v) is 6.60. The molecule has 4 heteroatoms. The van der Waals surface area contributed by atoms with Gasteiger partial charge in [-0.3, -0.25) is 4.79 Å². The van der Waals surface area contributed by atoms with Crippen molar-refractivity contribution in [2.24, 2.45) is 5.92 Å². The van der Waals surface area contributed by atoms with Crippen molar-refractivity contribution in [3.63, 3.8) is 0 Å². The molecule has 0 bridgehead atoms. The number of unbranched alkanes of at least 4 members (excludes halogenated alkanes) is 6. The van der Waals surface area contributed by atoms with E-state index in [0.29, 0.717) is 13.2 Å². The molecule has 0 amide bonds. The second kappa shape index (κ2) is 17.2. The number of hydrogen-bond acceptors (Lipinski definition) is 4. The van der Waals surface area contributed by atoms with Crippen LogP contribution in [0.15, 0.2) is 0 Å². The van der Waals surface area contributed by atoms with Crippen LogP contribution in [0.4, 0.5) is 0 Å². The smallest absolute Gasteiger partial charge is 0.309 e. The maximum Gasteiger partial charge on any atom is 0.309 e. The van der Waals surface area contributed by atoms with Gasteiger partial charge in [0.2, 0.25) is 0 Å². The predicted octanol–water partition coefficient (Wildman–Crippen LogP) is 5.14. The molecule has 4 nitrogen and oxygen atoms in total. The number of rotatable bonds is 17. The molecule has 0 aliphatic rings. The molecule has 0 aliphatic carbocycles. The van der Waals surface area contributed by atoms with Gasteiger partial charge in [0, 0.05) is 13.7 Å². The van der Waals surface area contributed by atoms with Crippen LogP contribution in [0.5, 0.6) is 0 Å². The van der Waals surface area contributed by atoms with Gasteiger partial charge in [0.05, 0.1) is 19.1 Å². The van der Waals surface area contributed by atoms with E-state index in [1.54, 1.807) is 7.11 Å². The quantitative estimate of drug-likeness (QED) is 0.271. The monoisotopic (exact) mass is 344 g/mol. The van der Waals surface area contributed by atoms with E-state index >= 15 is 0 Å². The zero-order chi connectivity index (χ0) is 18.0. The third-order valence-corrected chi connectivity index (χ3v) is 4.31. The van der Waals surface area contributed by atoms with E-state index in [1.165, 1.54) is 32.1 Å². The Kier molecular flexibility index (Phi) is 16.8. The highest BCUT2D eigenvalue weighted by Crippen LogP contribution is 2.15. The number of ether oxygens (including phenoxy) is 3. The van der Waals surface area contributed by atoms with Crippen LogP contribution in [0.2, 0.25) is 0 Å². The van der Waals surface area contributed by atoms with Gasteiger partial charge in [-0.1, -0.05) is 65.7 Å². The Hall–Kier alpha value is -0.610. The van der Waals surface area contributed by atoms with E-state index in [1.807, 2.05) is 6.92 Å². The molecule has 2 atom stereocenters. The number of methoxy groups -OCH3 is 1. The zero-order valence-corrected chi connectivity index (χ0v) is 16.5. The largest absolute Gasteiger partial charge is 0.457 e. The predicted molar refractivity (Wildman–Crippen MR) is 99.3 cm³/mol. The Morgan fingerprint density at radius 3 is 2.17 bits per heavy atom. The van der Waals surface area contributed by atoms with Crippen molar-refractivity contribution in [2.45, 2.75) is 91.1 Å². The summed E-state index contributed by atoms with van der Waals surface area (Å²) >= 11 is 0. The molecule has 0 N–H and O–H groups in total. The van der Waals surface area contributed by atoms with E-state index in [9.17, 15) is 4.79 Å². The molecule has 0 fully saturated rings. The summed E-state index contributed by atoms with van der Waals surface area (Å²) in [4.78, 5) is 12.3. The first-order valence-electron chi connectivity index (χ1n) is 9.96. The summed E-state index contributed by atoms with van der Waals surface area (Å²) < 4.78 is 16.5. The molecule has 0 radical (unpaired) electrons. The maximum atomic E-state index is 12.3. The summed E-state index contributed by atoms with van der Waals surface area (Å²) in [6.07, 6.45) is 11.1. The lowest BCUT2D eigenvalue weighted by Gasteiger charge is -2.21. The highest BCUT2D eigenvalue weighted by Gasteiger charge is 2.22. The lowest BCUT2D eigenvalue weighted by molar-refractivity contribution is -0.160. The van der Waals surface area contributed by atoms with Gasteiger partial charge >= 0.3 is 5.97 Å². The van der Waals surface area contributed by atoms with E-state index in [0.717, 1.165) is 38.7 Å². The van der Waals surface area contributed by atoms with Crippen LogP contribution in [0.1, 0.15) is 85.0 Å². The Balaban J connectivity index is 3.96. The minimum atomic E-state index is -0.293. The van der Waals surface area contributed by atoms with Crippen molar-refractivity contribution in [1.29, 1.82) is 0 Å². The molecule has 0 saturated carbocycles. The van der Waals surface area contributed by atoms with E-state index in [4.69, 9.17) is 14.2 Å². The lowest BCUT2D eigenvalue weighted by atomic mass is 10.00. The zero-order valence-electron chi connectivity index (χ0n) is 16.5. The second-order valence-electron chi connectivity index (χ2n) is 6.60. The Bertz CT molecular complexity index is 281. The molecule has 0 heterocycles. The van der Waals surface area contributed by atoms with Crippen LogP contribution in [-0.4, -0.2) is 39.0 Å². The Morgan fingerprint density at radius 2 is 1.54 bits per heavy atom. The third kappa shape index (κ3) is 12.8. The summed E-state index contributed by atoms with van der Waals surface area (Å²) in [5, 5.41) is 0. The Morgan fingerprint density at radius 1 is 0.875 bits per heavy atom. The fraction of sp³-hybridized carbons (Fsp3) is 0.950. The van der Waals surface area contributed by atoms with Crippen molar-refractivity contribution < 1.29 is 19.0 Å². The average Bonchev–Trinajstić information content (AvgIpc) is 2.58. The van der Waals surface area contributed by atoms with Crippen molar-refractivity contribution in [3.05, 3.63) is 0 Å². The first-order valence-corrected chi connectivity index (χ1v) is 9.96. The molecule has 144 valence electrons. The topological polar surface area (TPSA) is 44.8 Å². The molecule has 0 aromatic rings. The van der Waals surface area contributed by atoms with Crippen LogP contribution in [0, 0.1) is 5.92 Å². The summed E-state index contributed by atoms with van der Waals surface area (Å²) in [6.45, 7) is 7.97. The average molecular weight is 345 g/mol. The third-order valence-electron chi connectivity index (χ3n) is 4.31. The van der Waals surface area contributed by atoms with E-state index in [2.05, 4.69) is 13.8 Å². The van der Waals surface area contributed by atoms with Crippen molar-refractivity contribution in [3.8, 4) is 0 Å². The number of carbonyl (C=O) groups is 1. The highest BCUT2D eigenvalue weighted by molar-refractivity contribution is 5.72. The molecule has 2 unspecified atom stereocenters. The molecule has 0 saturated heterocycles. The lowest BCUT2D eigenvalue weighted by Crippen LogP contribution is -2.31. The van der Waals surface area contributed by atoms with Gasteiger partial charge < -0.3 is 14.2 Å². The van der Waals surface area contributed by atoms with Gasteiger partial charge in [-0.15, -0.1) is 0 Å². The first-order chi connectivity index (χ1) is 11.7. The fourth-order valence-electron chi connectivity index (χ4n) is 2.70. The highest BCUT2D eigenvalue weighted by atomic mass is 16.6. The van der Waals surface area contributed by atoms with Gasteiger partial charge in [0.1, 0.15) is 6.10 Å². The molecular weight excluding hydrogens is 304 g/mol. The Labute approximate surface area is 149 Å². The molecule has 0 spiro atoms. The molecule has 24 heavy (non-hydrogen) atoms. The van der Waals surface area contributed by atoms with Gasteiger partial charge in [0.25, 0.3) is 0 Å². The first kappa shape index (κ1) is 23.4. The van der Waals surface area contributed by atoms with Crippen LogP contribution < -0.4 is 0 Å². The minimum Gasteiger partial charge on any atom is -0.457 e. The maximum absolute atomic E-state index is 12.3. The summed E-state index contributed by atoms with van der Waals surface area (Å²) in [6, 6.07) is 0.